The molecule has 2 nitrogen and oxygen atoms in total. The molecular weight excluding hydrogens is 224 g/mol. The Morgan fingerprint density at radius 2 is 2.00 bits per heavy atom. The molecule has 0 aliphatic heterocycles. The molecule has 78 valence electrons. The zero-order valence-corrected chi connectivity index (χ0v) is 10.6. The summed E-state index contributed by atoms with van der Waals surface area (Å²) in [5.74, 6) is 0. The minimum absolute atomic E-state index is 0.722. The maximum atomic E-state index is 5.28. The molecule has 0 aliphatic carbocycles. The van der Waals surface area contributed by atoms with Crippen molar-refractivity contribution in [1.29, 1.82) is 0 Å². The van der Waals surface area contributed by atoms with E-state index in [0.717, 1.165) is 26.6 Å². The first-order chi connectivity index (χ1) is 7.08. The smallest absolute Gasteiger partial charge is 0.130 e. The summed E-state index contributed by atoms with van der Waals surface area (Å²) in [4.78, 5) is 10.1. The number of rotatable bonds is 1. The van der Waals surface area contributed by atoms with E-state index in [-0.39, 0.29) is 0 Å². The number of hydrogen-bond donors (Lipinski definition) is 1. The molecule has 1 N–H and O–H groups in total. The van der Waals surface area contributed by atoms with Gasteiger partial charge in [0, 0.05) is 10.6 Å². The second kappa shape index (κ2) is 3.87. The monoisotopic (exact) mass is 236 g/mol. The van der Waals surface area contributed by atoms with Crippen LogP contribution in [0, 0.1) is 25.4 Å². The second-order valence-electron chi connectivity index (χ2n) is 3.54. The maximum absolute atomic E-state index is 5.28. The summed E-state index contributed by atoms with van der Waals surface area (Å²) in [6, 6.07) is 4.16. The molecule has 2 aromatic heterocycles. The van der Waals surface area contributed by atoms with Crippen LogP contribution in [0.2, 0.25) is 0 Å². The van der Waals surface area contributed by atoms with Gasteiger partial charge in [0.1, 0.15) is 10.3 Å². The molecule has 0 atom stereocenters. The highest BCUT2D eigenvalue weighted by Crippen LogP contribution is 2.26. The van der Waals surface area contributed by atoms with Crippen molar-refractivity contribution in [2.75, 3.05) is 0 Å². The van der Waals surface area contributed by atoms with Gasteiger partial charge < -0.3 is 4.98 Å². The van der Waals surface area contributed by atoms with Crippen molar-refractivity contribution in [3.05, 3.63) is 33.0 Å². The van der Waals surface area contributed by atoms with Crippen LogP contribution in [0.15, 0.2) is 12.1 Å². The summed E-state index contributed by atoms with van der Waals surface area (Å²) in [5.41, 5.74) is 2.94. The molecule has 0 bridgehead atoms. The third-order valence-electron chi connectivity index (χ3n) is 2.31. The van der Waals surface area contributed by atoms with Crippen LogP contribution in [0.4, 0.5) is 0 Å². The first kappa shape index (κ1) is 10.5. The first-order valence-corrected chi connectivity index (χ1v) is 5.95. The fourth-order valence-corrected chi connectivity index (χ4v) is 2.59. The van der Waals surface area contributed by atoms with Gasteiger partial charge in [-0.15, -0.1) is 11.3 Å². The maximum Gasteiger partial charge on any atom is 0.130 e. The molecule has 0 unspecified atom stereocenters. The number of aromatic amines is 1. The van der Waals surface area contributed by atoms with Gasteiger partial charge in [-0.05, 0) is 32.9 Å². The summed E-state index contributed by atoms with van der Waals surface area (Å²) in [7, 11) is 0. The highest BCUT2D eigenvalue weighted by Gasteiger charge is 2.06. The normalized spacial score (nSPS) is 10.6. The molecule has 0 spiro atoms. The van der Waals surface area contributed by atoms with Gasteiger partial charge in [-0.1, -0.05) is 12.2 Å². The van der Waals surface area contributed by atoms with Gasteiger partial charge in [0.2, 0.25) is 0 Å². The second-order valence-corrected chi connectivity index (χ2v) is 5.23. The van der Waals surface area contributed by atoms with Crippen molar-refractivity contribution >= 4 is 23.6 Å². The predicted molar refractivity (Wildman–Crippen MR) is 66.9 cm³/mol. The van der Waals surface area contributed by atoms with Crippen molar-refractivity contribution < 1.29 is 0 Å². The van der Waals surface area contributed by atoms with Gasteiger partial charge in [0.15, 0.2) is 0 Å². The van der Waals surface area contributed by atoms with Crippen molar-refractivity contribution in [3.63, 3.8) is 0 Å². The van der Waals surface area contributed by atoms with Gasteiger partial charge in [-0.3, -0.25) is 0 Å². The predicted octanol–water partition coefficient (Wildman–Crippen LogP) is 3.79. The zero-order chi connectivity index (χ0) is 11.0. The number of nitrogens with zero attached hydrogens (tertiary/aromatic N) is 1. The lowest BCUT2D eigenvalue weighted by atomic mass is 10.3. The molecule has 2 heterocycles. The topological polar surface area (TPSA) is 28.7 Å². The average molecular weight is 236 g/mol. The highest BCUT2D eigenvalue weighted by molar-refractivity contribution is 7.71. The van der Waals surface area contributed by atoms with Gasteiger partial charge in [-0.25, -0.2) is 4.98 Å². The van der Waals surface area contributed by atoms with Crippen LogP contribution in [0.5, 0.6) is 0 Å². The molecule has 0 radical (unpaired) electrons. The Kier molecular flexibility index (Phi) is 2.71. The molecule has 2 aromatic rings. The first-order valence-electron chi connectivity index (χ1n) is 4.72. The number of H-pyrrole nitrogens is 1. The molecule has 15 heavy (non-hydrogen) atoms. The van der Waals surface area contributed by atoms with Crippen molar-refractivity contribution in [1.82, 2.24) is 9.97 Å². The van der Waals surface area contributed by atoms with Gasteiger partial charge >= 0.3 is 0 Å². The molecule has 0 aromatic carbocycles. The zero-order valence-electron chi connectivity index (χ0n) is 8.92. The number of nitrogens with one attached hydrogen (secondary N) is 1. The van der Waals surface area contributed by atoms with E-state index in [4.69, 9.17) is 12.2 Å². The van der Waals surface area contributed by atoms with Crippen molar-refractivity contribution in [3.8, 4) is 10.6 Å². The average Bonchev–Trinajstić information content (AvgIpc) is 2.58. The minimum Gasteiger partial charge on any atom is -0.347 e. The molecule has 0 saturated carbocycles. The lowest BCUT2D eigenvalue weighted by Gasteiger charge is -2.03. The largest absolute Gasteiger partial charge is 0.347 e. The molecule has 0 saturated heterocycles. The van der Waals surface area contributed by atoms with Crippen LogP contribution >= 0.6 is 23.6 Å². The van der Waals surface area contributed by atoms with Gasteiger partial charge in [-0.2, -0.15) is 0 Å². The standard InChI is InChI=1S/C11H12N2S2/c1-6-4-5-9(15-6)10-11(14)13-8(3)7(2)12-10/h4-5H,1-3H3,(H,13,14). The number of aryl methyl sites for hydroxylation is 3. The Morgan fingerprint density at radius 3 is 2.60 bits per heavy atom. The van der Waals surface area contributed by atoms with Crippen molar-refractivity contribution in [2.45, 2.75) is 20.8 Å². The minimum atomic E-state index is 0.722. The lowest BCUT2D eigenvalue weighted by molar-refractivity contribution is 1.04. The number of aromatic nitrogens is 2. The Bertz CT molecular complexity index is 552. The molecule has 2 rings (SSSR count). The third kappa shape index (κ3) is 2.01. The highest BCUT2D eigenvalue weighted by atomic mass is 32.1. The van der Waals surface area contributed by atoms with E-state index in [1.165, 1.54) is 4.88 Å². The van der Waals surface area contributed by atoms with E-state index in [9.17, 15) is 0 Å². The van der Waals surface area contributed by atoms with Crippen LogP contribution in [0.1, 0.15) is 16.3 Å². The summed E-state index contributed by atoms with van der Waals surface area (Å²) < 4.78 is 0.722. The Balaban J connectivity index is 2.63. The quantitative estimate of drug-likeness (QED) is 0.763. The fraction of sp³-hybridized carbons (Fsp3) is 0.273. The molecular formula is C11H12N2S2. The Hall–Kier alpha value is -1.00. The van der Waals surface area contributed by atoms with Crippen LogP contribution < -0.4 is 0 Å². The molecule has 4 heteroatoms. The molecule has 0 amide bonds. The summed E-state index contributed by atoms with van der Waals surface area (Å²) in [6.07, 6.45) is 0. The van der Waals surface area contributed by atoms with Crippen LogP contribution in [-0.2, 0) is 0 Å². The van der Waals surface area contributed by atoms with Crippen molar-refractivity contribution in [2.24, 2.45) is 0 Å². The van der Waals surface area contributed by atoms with E-state index in [1.807, 2.05) is 13.8 Å². The Labute approximate surface area is 98.0 Å². The summed E-state index contributed by atoms with van der Waals surface area (Å²) in [5, 5.41) is 0. The fourth-order valence-electron chi connectivity index (χ4n) is 1.35. The van der Waals surface area contributed by atoms with E-state index in [2.05, 4.69) is 29.0 Å². The summed E-state index contributed by atoms with van der Waals surface area (Å²) in [6.45, 7) is 6.06. The SMILES string of the molecule is Cc1ccc(-c2nc(C)c(C)[nH]c2=S)s1. The van der Waals surface area contributed by atoms with Crippen LogP contribution in [0.25, 0.3) is 10.6 Å². The number of hydrogen-bond acceptors (Lipinski definition) is 3. The van der Waals surface area contributed by atoms with Crippen LogP contribution in [0.3, 0.4) is 0 Å². The number of thiophene rings is 1. The van der Waals surface area contributed by atoms with Crippen LogP contribution in [-0.4, -0.2) is 9.97 Å². The third-order valence-corrected chi connectivity index (χ3v) is 3.61. The molecule has 0 fully saturated rings. The molecule has 0 aliphatic rings. The van der Waals surface area contributed by atoms with E-state index in [0.29, 0.717) is 0 Å². The van der Waals surface area contributed by atoms with E-state index in [1.54, 1.807) is 11.3 Å². The van der Waals surface area contributed by atoms with Gasteiger partial charge in [0.25, 0.3) is 0 Å². The van der Waals surface area contributed by atoms with E-state index < -0.39 is 0 Å². The lowest BCUT2D eigenvalue weighted by Crippen LogP contribution is -1.94. The summed E-state index contributed by atoms with van der Waals surface area (Å²) >= 11 is 7.00. The van der Waals surface area contributed by atoms with E-state index >= 15 is 0 Å². The Morgan fingerprint density at radius 1 is 1.27 bits per heavy atom. The van der Waals surface area contributed by atoms with Gasteiger partial charge in [0.05, 0.1) is 10.6 Å².